The van der Waals surface area contributed by atoms with Crippen LogP contribution in [0.3, 0.4) is 0 Å². The molecule has 1 saturated heterocycles. The van der Waals surface area contributed by atoms with Crippen molar-refractivity contribution in [3.63, 3.8) is 0 Å². The van der Waals surface area contributed by atoms with Crippen LogP contribution in [0, 0.1) is 0 Å². The van der Waals surface area contributed by atoms with Crippen LogP contribution >= 0.6 is 11.3 Å². The van der Waals surface area contributed by atoms with Crippen LogP contribution in [0.2, 0.25) is 0 Å². The normalized spacial score (nSPS) is 20.3. The number of fused-ring (bicyclic) bond motifs is 1. The Morgan fingerprint density at radius 2 is 2.16 bits per heavy atom. The van der Waals surface area contributed by atoms with Crippen LogP contribution in [0.25, 0.3) is 0 Å². The van der Waals surface area contributed by atoms with Crippen molar-refractivity contribution < 1.29 is 9.53 Å². The Morgan fingerprint density at radius 3 is 3.00 bits per heavy atom. The highest BCUT2D eigenvalue weighted by Crippen LogP contribution is 2.24. The van der Waals surface area contributed by atoms with Gasteiger partial charge in [0.2, 0.25) is 5.91 Å². The topological polar surface area (TPSA) is 32.8 Å². The highest BCUT2D eigenvalue weighted by Gasteiger charge is 2.22. The van der Waals surface area contributed by atoms with E-state index in [4.69, 9.17) is 4.74 Å². The van der Waals surface area contributed by atoms with E-state index in [-0.39, 0.29) is 0 Å². The molecule has 0 spiro atoms. The van der Waals surface area contributed by atoms with Crippen molar-refractivity contribution in [1.29, 1.82) is 0 Å². The molecule has 0 N–H and O–H groups in total. The third-order valence-electron chi connectivity index (χ3n) is 3.91. The molecule has 0 saturated carbocycles. The molecule has 2 aliphatic rings. The first-order valence-corrected chi connectivity index (χ1v) is 7.84. The van der Waals surface area contributed by atoms with E-state index in [0.717, 1.165) is 52.4 Å². The van der Waals surface area contributed by atoms with Gasteiger partial charge in [-0.05, 0) is 23.4 Å². The lowest BCUT2D eigenvalue weighted by molar-refractivity contribution is -0.132. The van der Waals surface area contributed by atoms with Gasteiger partial charge < -0.3 is 9.64 Å². The van der Waals surface area contributed by atoms with E-state index < -0.39 is 0 Å². The highest BCUT2D eigenvalue weighted by molar-refractivity contribution is 7.10. The molecule has 104 valence electrons. The first-order valence-electron chi connectivity index (χ1n) is 6.96. The van der Waals surface area contributed by atoms with Crippen molar-refractivity contribution in [2.45, 2.75) is 19.4 Å². The molecule has 1 aromatic rings. The number of carbonyl (C=O) groups is 1. The van der Waals surface area contributed by atoms with Crippen molar-refractivity contribution in [1.82, 2.24) is 9.80 Å². The number of hydrogen-bond acceptors (Lipinski definition) is 4. The summed E-state index contributed by atoms with van der Waals surface area (Å²) in [7, 11) is 0. The fourth-order valence-electron chi connectivity index (χ4n) is 2.70. The van der Waals surface area contributed by atoms with Gasteiger partial charge in [-0.1, -0.05) is 0 Å². The fourth-order valence-corrected chi connectivity index (χ4v) is 3.59. The molecule has 1 aromatic heterocycles. The van der Waals surface area contributed by atoms with Gasteiger partial charge in [0.1, 0.15) is 0 Å². The third-order valence-corrected chi connectivity index (χ3v) is 4.93. The van der Waals surface area contributed by atoms with Gasteiger partial charge in [-0.25, -0.2) is 0 Å². The van der Waals surface area contributed by atoms with Gasteiger partial charge in [-0.3, -0.25) is 9.69 Å². The average Bonchev–Trinajstić information content (AvgIpc) is 2.93. The molecular weight excluding hydrogens is 260 g/mol. The van der Waals surface area contributed by atoms with Crippen LogP contribution in [0.4, 0.5) is 0 Å². The van der Waals surface area contributed by atoms with Crippen LogP contribution in [-0.4, -0.2) is 55.1 Å². The van der Waals surface area contributed by atoms with Crippen LogP contribution in [-0.2, 0) is 22.5 Å². The average molecular weight is 280 g/mol. The maximum atomic E-state index is 12.2. The smallest absolute Gasteiger partial charge is 0.224 e. The predicted octanol–water partition coefficient (Wildman–Crippen LogP) is 1.36. The SMILES string of the molecule is O=C(CCN1CCOCC1)N1CCc2sccc2C1. The second-order valence-corrected chi connectivity index (χ2v) is 6.14. The van der Waals surface area contributed by atoms with E-state index in [1.807, 2.05) is 16.2 Å². The molecule has 1 amide bonds. The van der Waals surface area contributed by atoms with E-state index in [1.165, 1.54) is 10.4 Å². The summed E-state index contributed by atoms with van der Waals surface area (Å²) in [4.78, 5) is 18.0. The minimum Gasteiger partial charge on any atom is -0.379 e. The third kappa shape index (κ3) is 3.16. The predicted molar refractivity (Wildman–Crippen MR) is 75.3 cm³/mol. The van der Waals surface area contributed by atoms with Gasteiger partial charge in [-0.15, -0.1) is 11.3 Å². The zero-order valence-corrected chi connectivity index (χ0v) is 12.0. The quantitative estimate of drug-likeness (QED) is 0.838. The van der Waals surface area contributed by atoms with E-state index in [9.17, 15) is 4.79 Å². The van der Waals surface area contributed by atoms with Gasteiger partial charge >= 0.3 is 0 Å². The molecule has 0 unspecified atom stereocenters. The molecule has 19 heavy (non-hydrogen) atoms. The van der Waals surface area contributed by atoms with Gasteiger partial charge in [0, 0.05) is 44.0 Å². The van der Waals surface area contributed by atoms with Crippen LogP contribution < -0.4 is 0 Å². The van der Waals surface area contributed by atoms with Crippen LogP contribution in [0.15, 0.2) is 11.4 Å². The number of thiophene rings is 1. The molecule has 0 bridgehead atoms. The first-order chi connectivity index (χ1) is 9.33. The summed E-state index contributed by atoms with van der Waals surface area (Å²) in [6, 6.07) is 2.15. The number of nitrogens with zero attached hydrogens (tertiary/aromatic N) is 2. The molecule has 0 atom stereocenters. The second kappa shape index (κ2) is 6.03. The Balaban J connectivity index is 1.48. The van der Waals surface area contributed by atoms with E-state index in [2.05, 4.69) is 16.3 Å². The summed E-state index contributed by atoms with van der Waals surface area (Å²) >= 11 is 1.82. The molecule has 0 aliphatic carbocycles. The Hall–Kier alpha value is -0.910. The molecule has 2 aliphatic heterocycles. The standard InChI is InChI=1S/C14H20N2O2S/c17-14(2-4-15-6-8-18-9-7-15)16-5-1-13-12(11-16)3-10-19-13/h3,10H,1-2,4-9,11H2. The lowest BCUT2D eigenvalue weighted by Crippen LogP contribution is -2.40. The summed E-state index contributed by atoms with van der Waals surface area (Å²) < 4.78 is 5.32. The van der Waals surface area contributed by atoms with Crippen LogP contribution in [0.1, 0.15) is 16.9 Å². The Morgan fingerprint density at radius 1 is 1.32 bits per heavy atom. The van der Waals surface area contributed by atoms with E-state index in [0.29, 0.717) is 12.3 Å². The zero-order valence-electron chi connectivity index (χ0n) is 11.1. The summed E-state index contributed by atoms with van der Waals surface area (Å²) in [6.45, 7) is 6.08. The number of rotatable bonds is 3. The fraction of sp³-hybridized carbons (Fsp3) is 0.643. The van der Waals surface area contributed by atoms with Gasteiger partial charge in [0.25, 0.3) is 0 Å². The molecule has 1 fully saturated rings. The largest absolute Gasteiger partial charge is 0.379 e. The Bertz CT molecular complexity index is 440. The van der Waals surface area contributed by atoms with Crippen molar-refractivity contribution >= 4 is 17.2 Å². The first kappa shape index (κ1) is 13.1. The Kier molecular flexibility index (Phi) is 4.15. The van der Waals surface area contributed by atoms with Crippen molar-refractivity contribution in [3.8, 4) is 0 Å². The van der Waals surface area contributed by atoms with Gasteiger partial charge in [0.15, 0.2) is 0 Å². The molecule has 3 heterocycles. The zero-order chi connectivity index (χ0) is 13.1. The minimum absolute atomic E-state index is 0.295. The second-order valence-electron chi connectivity index (χ2n) is 5.14. The summed E-state index contributed by atoms with van der Waals surface area (Å²) in [5.41, 5.74) is 1.34. The number of ether oxygens (including phenoxy) is 1. The van der Waals surface area contributed by atoms with E-state index >= 15 is 0 Å². The van der Waals surface area contributed by atoms with E-state index in [1.54, 1.807) is 0 Å². The summed E-state index contributed by atoms with van der Waals surface area (Å²) in [6.07, 6.45) is 1.66. The number of amides is 1. The number of morpholine rings is 1. The van der Waals surface area contributed by atoms with Crippen molar-refractivity contribution in [2.24, 2.45) is 0 Å². The molecular formula is C14H20N2O2S. The molecule has 0 aromatic carbocycles. The molecule has 3 rings (SSSR count). The summed E-state index contributed by atoms with van der Waals surface area (Å²) in [5.74, 6) is 0.295. The number of hydrogen-bond donors (Lipinski definition) is 0. The minimum atomic E-state index is 0.295. The maximum absolute atomic E-state index is 12.2. The highest BCUT2D eigenvalue weighted by atomic mass is 32.1. The monoisotopic (exact) mass is 280 g/mol. The molecule has 5 heteroatoms. The van der Waals surface area contributed by atoms with Crippen molar-refractivity contribution in [2.75, 3.05) is 39.4 Å². The molecule has 0 radical (unpaired) electrons. The lowest BCUT2D eigenvalue weighted by atomic mass is 10.1. The lowest BCUT2D eigenvalue weighted by Gasteiger charge is -2.30. The van der Waals surface area contributed by atoms with Crippen molar-refractivity contribution in [3.05, 3.63) is 21.9 Å². The molecule has 4 nitrogen and oxygen atoms in total. The number of carbonyl (C=O) groups excluding carboxylic acids is 1. The van der Waals surface area contributed by atoms with Gasteiger partial charge in [-0.2, -0.15) is 0 Å². The van der Waals surface area contributed by atoms with Gasteiger partial charge in [0.05, 0.1) is 13.2 Å². The van der Waals surface area contributed by atoms with Crippen LogP contribution in [0.5, 0.6) is 0 Å². The maximum Gasteiger partial charge on any atom is 0.224 e. The Labute approximate surface area is 118 Å². The summed E-state index contributed by atoms with van der Waals surface area (Å²) in [5, 5.41) is 2.13.